The number of carboxylic acid groups (broad SMARTS) is 1. The molecule has 23 heavy (non-hydrogen) atoms. The van der Waals surface area contributed by atoms with Crippen molar-refractivity contribution < 1.29 is 14.7 Å². The Kier molecular flexibility index (Phi) is 3.74. The van der Waals surface area contributed by atoms with Crippen molar-refractivity contribution in [1.82, 2.24) is 14.9 Å². The zero-order valence-electron chi connectivity index (χ0n) is 13.7. The van der Waals surface area contributed by atoms with E-state index in [4.69, 9.17) is 0 Å². The van der Waals surface area contributed by atoms with Crippen molar-refractivity contribution in [3.8, 4) is 0 Å². The first-order chi connectivity index (χ1) is 10.8. The van der Waals surface area contributed by atoms with Crippen molar-refractivity contribution in [3.63, 3.8) is 0 Å². The second kappa shape index (κ2) is 5.47. The number of anilines is 1. The van der Waals surface area contributed by atoms with Crippen molar-refractivity contribution >= 4 is 17.7 Å². The largest absolute Gasteiger partial charge is 0.481 e. The maximum absolute atomic E-state index is 12.0. The number of carboxylic acids is 1. The van der Waals surface area contributed by atoms with Gasteiger partial charge in [-0.2, -0.15) is 0 Å². The molecule has 1 unspecified atom stereocenters. The van der Waals surface area contributed by atoms with Crippen LogP contribution in [0, 0.1) is 19.8 Å². The molecule has 1 aromatic rings. The lowest BCUT2D eigenvalue weighted by Gasteiger charge is -2.46. The number of amides is 1. The molecular formula is C16H22N4O3. The number of likely N-dealkylation sites (tertiary alicyclic amines) is 1. The summed E-state index contributed by atoms with van der Waals surface area (Å²) in [6, 6.07) is 0. The third kappa shape index (κ3) is 2.44. The number of aromatic nitrogens is 2. The number of piperidine rings is 1. The molecule has 3 rings (SSSR count). The van der Waals surface area contributed by atoms with Crippen LogP contribution >= 0.6 is 0 Å². The number of hydrogen-bond acceptors (Lipinski definition) is 5. The highest BCUT2D eigenvalue weighted by molar-refractivity contribution is 5.88. The molecule has 2 fully saturated rings. The summed E-state index contributed by atoms with van der Waals surface area (Å²) in [5.74, 6) is -0.703. The third-order valence-corrected chi connectivity index (χ3v) is 5.35. The Balaban J connectivity index is 1.83. The van der Waals surface area contributed by atoms with Gasteiger partial charge in [-0.15, -0.1) is 0 Å². The summed E-state index contributed by atoms with van der Waals surface area (Å²) in [6.07, 6.45) is 3.13. The van der Waals surface area contributed by atoms with Gasteiger partial charge in [-0.05, 0) is 26.7 Å². The predicted octanol–water partition coefficient (Wildman–Crippen LogP) is 0.995. The Morgan fingerprint density at radius 1 is 1.35 bits per heavy atom. The minimum absolute atomic E-state index is 0.0719. The monoisotopic (exact) mass is 318 g/mol. The molecule has 3 heterocycles. The number of hydrogen-bond donors (Lipinski definition) is 1. The molecule has 1 atom stereocenters. The van der Waals surface area contributed by atoms with E-state index in [9.17, 15) is 14.7 Å². The van der Waals surface area contributed by atoms with E-state index in [0.717, 1.165) is 17.2 Å². The van der Waals surface area contributed by atoms with Crippen LogP contribution in [0.4, 0.5) is 5.82 Å². The van der Waals surface area contributed by atoms with E-state index in [2.05, 4.69) is 14.9 Å². The fourth-order valence-corrected chi connectivity index (χ4v) is 3.91. The number of carbonyl (C=O) groups excluding carboxylic acids is 1. The van der Waals surface area contributed by atoms with E-state index in [1.807, 2.05) is 13.8 Å². The van der Waals surface area contributed by atoms with Crippen molar-refractivity contribution in [2.75, 3.05) is 25.0 Å². The number of nitrogens with zero attached hydrogens (tertiary/aromatic N) is 4. The molecule has 7 nitrogen and oxygen atoms in total. The van der Waals surface area contributed by atoms with Gasteiger partial charge in [0.1, 0.15) is 5.82 Å². The Morgan fingerprint density at radius 3 is 2.61 bits per heavy atom. The maximum Gasteiger partial charge on any atom is 0.309 e. The fraction of sp³-hybridized carbons (Fsp3) is 0.625. The minimum atomic E-state index is -0.873. The third-order valence-electron chi connectivity index (χ3n) is 5.35. The van der Waals surface area contributed by atoms with E-state index >= 15 is 0 Å². The van der Waals surface area contributed by atoms with Crippen LogP contribution in [0.25, 0.3) is 0 Å². The van der Waals surface area contributed by atoms with E-state index in [1.165, 1.54) is 0 Å². The van der Waals surface area contributed by atoms with Crippen LogP contribution in [0.2, 0.25) is 0 Å². The second-order valence-corrected chi connectivity index (χ2v) is 6.56. The highest BCUT2D eigenvalue weighted by Gasteiger charge is 2.55. The van der Waals surface area contributed by atoms with Gasteiger partial charge in [0.15, 0.2) is 0 Å². The Bertz CT molecular complexity index is 653. The van der Waals surface area contributed by atoms with Gasteiger partial charge in [0.2, 0.25) is 5.91 Å². The predicted molar refractivity (Wildman–Crippen MR) is 84.2 cm³/mol. The lowest BCUT2D eigenvalue weighted by atomic mass is 9.77. The van der Waals surface area contributed by atoms with Crippen LogP contribution < -0.4 is 4.90 Å². The van der Waals surface area contributed by atoms with Crippen molar-refractivity contribution in [3.05, 3.63) is 17.6 Å². The smallest absolute Gasteiger partial charge is 0.309 e. The zero-order valence-corrected chi connectivity index (χ0v) is 13.7. The summed E-state index contributed by atoms with van der Waals surface area (Å²) >= 11 is 0. The van der Waals surface area contributed by atoms with Crippen LogP contribution in [0.15, 0.2) is 6.20 Å². The van der Waals surface area contributed by atoms with Crippen molar-refractivity contribution in [2.24, 2.45) is 5.92 Å². The Hall–Kier alpha value is -2.18. The van der Waals surface area contributed by atoms with E-state index in [0.29, 0.717) is 25.9 Å². The molecule has 0 radical (unpaired) electrons. The minimum Gasteiger partial charge on any atom is -0.481 e. The van der Waals surface area contributed by atoms with E-state index in [-0.39, 0.29) is 12.3 Å². The number of aryl methyl sites for hydroxylation is 2. The lowest BCUT2D eigenvalue weighted by molar-refractivity contribution is -0.145. The molecule has 1 spiro atoms. The molecule has 0 bridgehead atoms. The topological polar surface area (TPSA) is 86.6 Å². The molecule has 1 N–H and O–H groups in total. The second-order valence-electron chi connectivity index (χ2n) is 6.56. The van der Waals surface area contributed by atoms with Crippen molar-refractivity contribution in [2.45, 2.75) is 38.6 Å². The van der Waals surface area contributed by atoms with Crippen LogP contribution in [0.1, 0.15) is 30.7 Å². The number of aliphatic carboxylic acids is 1. The molecule has 124 valence electrons. The average molecular weight is 318 g/mol. The van der Waals surface area contributed by atoms with Crippen molar-refractivity contribution in [1.29, 1.82) is 0 Å². The Morgan fingerprint density at radius 2 is 2.00 bits per heavy atom. The summed E-state index contributed by atoms with van der Waals surface area (Å²) < 4.78 is 0. The molecular weight excluding hydrogens is 296 g/mol. The van der Waals surface area contributed by atoms with Crippen LogP contribution in [-0.2, 0) is 9.59 Å². The summed E-state index contributed by atoms with van der Waals surface area (Å²) in [5.41, 5.74) is 1.17. The zero-order chi connectivity index (χ0) is 16.8. The van der Waals surface area contributed by atoms with Crippen LogP contribution in [0.5, 0.6) is 0 Å². The molecule has 2 saturated heterocycles. The lowest BCUT2D eigenvalue weighted by Crippen LogP contribution is -2.56. The highest BCUT2D eigenvalue weighted by Crippen LogP contribution is 2.43. The number of rotatable bonds is 2. The highest BCUT2D eigenvalue weighted by atomic mass is 16.4. The van der Waals surface area contributed by atoms with Gasteiger partial charge in [0.05, 0.1) is 22.8 Å². The molecule has 0 saturated carbocycles. The molecule has 1 amide bonds. The fourth-order valence-electron chi connectivity index (χ4n) is 3.91. The first kappa shape index (κ1) is 15.7. The average Bonchev–Trinajstić information content (AvgIpc) is 2.76. The van der Waals surface area contributed by atoms with Gasteiger partial charge >= 0.3 is 5.97 Å². The van der Waals surface area contributed by atoms with E-state index in [1.54, 1.807) is 18.1 Å². The molecule has 1 aromatic heterocycles. The van der Waals surface area contributed by atoms with E-state index < -0.39 is 17.4 Å². The van der Waals surface area contributed by atoms with Gasteiger partial charge in [-0.25, -0.2) is 4.98 Å². The first-order valence-corrected chi connectivity index (χ1v) is 7.90. The summed E-state index contributed by atoms with van der Waals surface area (Å²) in [7, 11) is 1.73. The van der Waals surface area contributed by atoms with Gasteiger partial charge < -0.3 is 14.9 Å². The molecule has 0 aliphatic carbocycles. The van der Waals surface area contributed by atoms with Gasteiger partial charge in [0.25, 0.3) is 0 Å². The first-order valence-electron chi connectivity index (χ1n) is 7.90. The maximum atomic E-state index is 12.0. The molecule has 2 aliphatic heterocycles. The summed E-state index contributed by atoms with van der Waals surface area (Å²) in [5, 5.41) is 9.51. The summed E-state index contributed by atoms with van der Waals surface area (Å²) in [4.78, 5) is 36.4. The normalized spacial score (nSPS) is 23.6. The van der Waals surface area contributed by atoms with Crippen LogP contribution in [0.3, 0.4) is 0 Å². The van der Waals surface area contributed by atoms with Gasteiger partial charge in [0, 0.05) is 32.8 Å². The molecule has 7 heteroatoms. The molecule has 0 aromatic carbocycles. The number of carbonyl (C=O) groups is 2. The van der Waals surface area contributed by atoms with Gasteiger partial charge in [-0.1, -0.05) is 0 Å². The quantitative estimate of drug-likeness (QED) is 0.875. The van der Waals surface area contributed by atoms with Crippen LogP contribution in [-0.4, -0.2) is 57.5 Å². The Labute approximate surface area is 135 Å². The SMILES string of the molecule is Cc1cnc(C)c(N2CCC3(CC2)C(C(=O)O)CC(=O)N3C)n1. The summed E-state index contributed by atoms with van der Waals surface area (Å²) in [6.45, 7) is 5.20. The van der Waals surface area contributed by atoms with Gasteiger partial charge in [-0.3, -0.25) is 14.6 Å². The standard InChI is InChI=1S/C16H22N4O3/c1-10-9-17-11(2)14(18-10)20-6-4-16(5-7-20)12(15(22)23)8-13(21)19(16)3/h9,12H,4-8H2,1-3H3,(H,22,23). The molecule has 2 aliphatic rings.